The quantitative estimate of drug-likeness (QED) is 0.166. The smallest absolute Gasteiger partial charge is 0.468 e. The lowest BCUT2D eigenvalue weighted by atomic mass is 9.97. The van der Waals surface area contributed by atoms with Crippen LogP contribution in [0.1, 0.15) is 67.9 Å². The van der Waals surface area contributed by atoms with Crippen molar-refractivity contribution in [3.05, 3.63) is 23.8 Å². The van der Waals surface area contributed by atoms with Crippen molar-refractivity contribution in [3.8, 4) is 11.5 Å². The maximum atomic E-state index is 12.4. The van der Waals surface area contributed by atoms with E-state index in [0.717, 1.165) is 0 Å². The lowest BCUT2D eigenvalue weighted by molar-refractivity contribution is -0.152. The lowest BCUT2D eigenvalue weighted by Crippen LogP contribution is -2.41. The van der Waals surface area contributed by atoms with Crippen molar-refractivity contribution in [3.63, 3.8) is 0 Å². The van der Waals surface area contributed by atoms with E-state index in [1.165, 1.54) is 19.2 Å². The molecule has 0 aliphatic heterocycles. The number of carbonyl (C=O) groups is 4. The molecular formula is C29H45NO10. The lowest BCUT2D eigenvalue weighted by Gasteiger charge is -2.20. The van der Waals surface area contributed by atoms with Gasteiger partial charge in [0.1, 0.15) is 12.6 Å². The number of hydrogen-bond donors (Lipinski definition) is 1. The molecule has 40 heavy (non-hydrogen) atoms. The first-order chi connectivity index (χ1) is 18.3. The average molecular weight is 568 g/mol. The SMILES string of the molecule is COC(=O)[C@H](Cc1ccc(OC(=O)OCC(C)(C)C)c(OC(=O)OCC(C)(C)C)c1)NCCOC(=O)C(C)(C)C. The summed E-state index contributed by atoms with van der Waals surface area (Å²) in [5.41, 5.74) is -0.657. The van der Waals surface area contributed by atoms with Crippen molar-refractivity contribution < 1.29 is 47.6 Å². The Bertz CT molecular complexity index is 1020. The predicted molar refractivity (Wildman–Crippen MR) is 147 cm³/mol. The molecule has 0 aliphatic carbocycles. The highest BCUT2D eigenvalue weighted by Gasteiger charge is 2.25. The second kappa shape index (κ2) is 14.9. The number of nitrogens with one attached hydrogen (secondary N) is 1. The van der Waals surface area contributed by atoms with Crippen LogP contribution in [0.3, 0.4) is 0 Å². The monoisotopic (exact) mass is 567 g/mol. The van der Waals surface area contributed by atoms with E-state index in [1.54, 1.807) is 26.8 Å². The molecule has 0 saturated heterocycles. The fraction of sp³-hybridized carbons (Fsp3) is 0.655. The van der Waals surface area contributed by atoms with Gasteiger partial charge in [-0.2, -0.15) is 0 Å². The van der Waals surface area contributed by atoms with E-state index in [-0.39, 0.29) is 61.1 Å². The van der Waals surface area contributed by atoms with Gasteiger partial charge in [0.2, 0.25) is 0 Å². The summed E-state index contributed by atoms with van der Waals surface area (Å²) < 4.78 is 31.1. The van der Waals surface area contributed by atoms with Crippen LogP contribution in [0.4, 0.5) is 9.59 Å². The van der Waals surface area contributed by atoms with Gasteiger partial charge in [-0.1, -0.05) is 47.6 Å². The molecule has 0 amide bonds. The molecular weight excluding hydrogens is 522 g/mol. The van der Waals surface area contributed by atoms with E-state index in [1.807, 2.05) is 41.5 Å². The Hall–Kier alpha value is -3.34. The normalized spacial score (nSPS) is 12.7. The van der Waals surface area contributed by atoms with Crippen LogP contribution in [0, 0.1) is 16.2 Å². The van der Waals surface area contributed by atoms with Gasteiger partial charge in [0.05, 0.1) is 25.7 Å². The van der Waals surface area contributed by atoms with Crippen molar-refractivity contribution >= 4 is 24.2 Å². The molecule has 0 radical (unpaired) electrons. The minimum absolute atomic E-state index is 0.0566. The van der Waals surface area contributed by atoms with E-state index in [2.05, 4.69) is 5.32 Å². The summed E-state index contributed by atoms with van der Waals surface area (Å²) >= 11 is 0. The van der Waals surface area contributed by atoms with Crippen LogP contribution < -0.4 is 14.8 Å². The molecule has 1 aromatic carbocycles. The molecule has 1 aromatic rings. The minimum Gasteiger partial charge on any atom is -0.468 e. The highest BCUT2D eigenvalue weighted by atomic mass is 16.7. The van der Waals surface area contributed by atoms with Crippen molar-refractivity contribution in [1.82, 2.24) is 5.32 Å². The van der Waals surface area contributed by atoms with E-state index < -0.39 is 29.7 Å². The van der Waals surface area contributed by atoms with Crippen LogP contribution in [0.2, 0.25) is 0 Å². The third kappa shape index (κ3) is 14.2. The molecule has 1 N–H and O–H groups in total. The van der Waals surface area contributed by atoms with E-state index in [4.69, 9.17) is 28.4 Å². The highest BCUT2D eigenvalue weighted by Crippen LogP contribution is 2.30. The maximum Gasteiger partial charge on any atom is 0.513 e. The first-order valence-corrected chi connectivity index (χ1v) is 13.1. The van der Waals surface area contributed by atoms with Gasteiger partial charge in [-0.25, -0.2) is 9.59 Å². The van der Waals surface area contributed by atoms with E-state index in [0.29, 0.717) is 5.56 Å². The molecule has 1 atom stereocenters. The molecule has 0 fully saturated rings. The largest absolute Gasteiger partial charge is 0.513 e. The van der Waals surface area contributed by atoms with Crippen LogP contribution in [-0.2, 0) is 35.0 Å². The maximum absolute atomic E-state index is 12.4. The van der Waals surface area contributed by atoms with Gasteiger partial charge in [-0.05, 0) is 55.7 Å². The van der Waals surface area contributed by atoms with Crippen molar-refractivity contribution in [1.29, 1.82) is 0 Å². The number of benzene rings is 1. The zero-order valence-electron chi connectivity index (χ0n) is 25.4. The molecule has 1 rings (SSSR count). The summed E-state index contributed by atoms with van der Waals surface area (Å²) in [5.74, 6) is -1.06. The van der Waals surface area contributed by atoms with E-state index >= 15 is 0 Å². The molecule has 0 saturated carbocycles. The van der Waals surface area contributed by atoms with Crippen molar-refractivity contribution in [2.45, 2.75) is 74.8 Å². The Kier molecular flexibility index (Phi) is 12.9. The second-order valence-corrected chi connectivity index (χ2v) is 12.8. The second-order valence-electron chi connectivity index (χ2n) is 12.8. The fourth-order valence-electron chi connectivity index (χ4n) is 2.84. The van der Waals surface area contributed by atoms with Crippen LogP contribution in [0.15, 0.2) is 18.2 Å². The molecule has 0 bridgehead atoms. The zero-order chi connectivity index (χ0) is 30.7. The van der Waals surface area contributed by atoms with Gasteiger partial charge in [0.15, 0.2) is 11.5 Å². The van der Waals surface area contributed by atoms with Gasteiger partial charge in [0.25, 0.3) is 0 Å². The highest BCUT2D eigenvalue weighted by molar-refractivity contribution is 5.76. The number of rotatable bonds is 11. The zero-order valence-corrected chi connectivity index (χ0v) is 25.4. The van der Waals surface area contributed by atoms with Gasteiger partial charge < -0.3 is 33.7 Å². The number of ether oxygens (including phenoxy) is 6. The topological polar surface area (TPSA) is 136 Å². The Morgan fingerprint density at radius 3 is 1.77 bits per heavy atom. The summed E-state index contributed by atoms with van der Waals surface area (Å²) in [6, 6.07) is 3.70. The first kappa shape index (κ1) is 34.7. The number of methoxy groups -OCH3 is 1. The average Bonchev–Trinajstić information content (AvgIpc) is 2.82. The Morgan fingerprint density at radius 2 is 1.30 bits per heavy atom. The van der Waals surface area contributed by atoms with Crippen LogP contribution in [0.25, 0.3) is 0 Å². The van der Waals surface area contributed by atoms with Crippen LogP contribution in [-0.4, -0.2) is 63.8 Å². The molecule has 0 aromatic heterocycles. The molecule has 0 aliphatic rings. The first-order valence-electron chi connectivity index (χ1n) is 13.1. The molecule has 11 heteroatoms. The fourth-order valence-corrected chi connectivity index (χ4v) is 2.84. The molecule has 226 valence electrons. The van der Waals surface area contributed by atoms with Gasteiger partial charge in [0, 0.05) is 6.54 Å². The number of carbonyl (C=O) groups excluding carboxylic acids is 4. The molecule has 0 spiro atoms. The van der Waals surface area contributed by atoms with Crippen molar-refractivity contribution in [2.75, 3.05) is 33.5 Å². The third-order valence-corrected chi connectivity index (χ3v) is 4.90. The Labute approximate surface area is 237 Å². The molecule has 0 unspecified atom stereocenters. The summed E-state index contributed by atoms with van der Waals surface area (Å²) in [6.45, 7) is 17.1. The number of esters is 2. The number of hydrogen-bond acceptors (Lipinski definition) is 11. The summed E-state index contributed by atoms with van der Waals surface area (Å²) in [4.78, 5) is 49.1. The van der Waals surface area contributed by atoms with Crippen LogP contribution >= 0.6 is 0 Å². The van der Waals surface area contributed by atoms with Gasteiger partial charge in [-0.3, -0.25) is 9.59 Å². The standard InChI is InChI=1S/C29H45NO10/c1-27(2,3)17-37-25(33)39-21-12-11-19(16-22(21)40-26(34)38-18-28(4,5)6)15-20(23(31)35-10)30-13-14-36-24(32)29(7,8)9/h11-12,16,20,30H,13-15,17-18H2,1-10H3/t20-/m0/s1. The third-order valence-electron chi connectivity index (χ3n) is 4.90. The van der Waals surface area contributed by atoms with Gasteiger partial charge >= 0.3 is 24.2 Å². The van der Waals surface area contributed by atoms with E-state index in [9.17, 15) is 19.2 Å². The summed E-state index contributed by atoms with van der Waals surface area (Å²) in [5, 5.41) is 3.01. The molecule has 0 heterocycles. The summed E-state index contributed by atoms with van der Waals surface area (Å²) in [7, 11) is 1.26. The van der Waals surface area contributed by atoms with Gasteiger partial charge in [-0.15, -0.1) is 0 Å². The molecule has 11 nitrogen and oxygen atoms in total. The Balaban J connectivity index is 3.07. The Morgan fingerprint density at radius 1 is 0.775 bits per heavy atom. The summed E-state index contributed by atoms with van der Waals surface area (Å²) in [6.07, 6.45) is -1.82. The predicted octanol–water partition coefficient (Wildman–Crippen LogP) is 5.07. The minimum atomic E-state index is -0.983. The van der Waals surface area contributed by atoms with Crippen LogP contribution in [0.5, 0.6) is 11.5 Å². The van der Waals surface area contributed by atoms with Crippen molar-refractivity contribution in [2.24, 2.45) is 16.2 Å².